The largest absolute Gasteiger partial charge is 0.444 e. The van der Waals surface area contributed by atoms with Gasteiger partial charge in [0.2, 0.25) is 0 Å². The Balaban J connectivity index is 1.32. The van der Waals surface area contributed by atoms with Crippen LogP contribution in [0.25, 0.3) is 0 Å². The quantitative estimate of drug-likeness (QED) is 0.470. The number of nitrogens with zero attached hydrogens (tertiary/aromatic N) is 5. The number of anilines is 2. The van der Waals surface area contributed by atoms with Crippen LogP contribution in [-0.4, -0.2) is 52.0 Å². The molecule has 0 saturated heterocycles. The number of hydrogen-bond acceptors (Lipinski definition) is 6. The Labute approximate surface area is 227 Å². The molecule has 1 aromatic heterocycles. The predicted octanol–water partition coefficient (Wildman–Crippen LogP) is 3.95. The van der Waals surface area contributed by atoms with Crippen molar-refractivity contribution in [1.29, 1.82) is 0 Å². The number of halogens is 3. The Bertz CT molecular complexity index is 1570. The Morgan fingerprint density at radius 3 is 2.48 bits per heavy atom. The Hall–Kier alpha value is -4.53. The molecule has 3 heterocycles. The van der Waals surface area contributed by atoms with Gasteiger partial charge >= 0.3 is 12.1 Å². The van der Waals surface area contributed by atoms with E-state index in [0.29, 0.717) is 17.8 Å². The van der Waals surface area contributed by atoms with Gasteiger partial charge in [0, 0.05) is 30.2 Å². The molecule has 3 aromatic rings. The molecule has 40 heavy (non-hydrogen) atoms. The Kier molecular flexibility index (Phi) is 7.14. The second-order valence-corrected chi connectivity index (χ2v) is 11.0. The van der Waals surface area contributed by atoms with Crippen LogP contribution in [0.5, 0.6) is 0 Å². The molecule has 0 saturated carbocycles. The van der Waals surface area contributed by atoms with Gasteiger partial charge in [-0.15, -0.1) is 0 Å². The fourth-order valence-electron chi connectivity index (χ4n) is 4.33. The van der Waals surface area contributed by atoms with Crippen molar-refractivity contribution in [3.05, 3.63) is 89.8 Å². The van der Waals surface area contributed by atoms with Crippen LogP contribution in [0, 0.1) is 17.5 Å². The van der Waals surface area contributed by atoms with Crippen LogP contribution >= 0.6 is 0 Å². The SMILES string of the molecule is C[C@H]1Cn2ncc(N3C=CN(C(=O)OCc4ccccc4)CS3(=O)=O)c2CN1C(=O)Nc1cc(F)c(F)c(F)c1. The molecular weight excluding hydrogens is 553 g/mol. The molecule has 5 rings (SSSR count). The van der Waals surface area contributed by atoms with Gasteiger partial charge in [-0.3, -0.25) is 9.58 Å². The minimum Gasteiger partial charge on any atom is -0.444 e. The van der Waals surface area contributed by atoms with Crippen LogP contribution < -0.4 is 9.62 Å². The van der Waals surface area contributed by atoms with E-state index in [1.807, 2.05) is 6.07 Å². The van der Waals surface area contributed by atoms with Crippen LogP contribution in [0.2, 0.25) is 0 Å². The Morgan fingerprint density at radius 2 is 1.80 bits per heavy atom. The third-order valence-corrected chi connectivity index (χ3v) is 7.90. The highest BCUT2D eigenvalue weighted by molar-refractivity contribution is 7.92. The highest BCUT2D eigenvalue weighted by atomic mass is 32.2. The maximum atomic E-state index is 13.6. The topological polar surface area (TPSA) is 117 Å². The summed E-state index contributed by atoms with van der Waals surface area (Å²) in [5.74, 6) is -5.26. The van der Waals surface area contributed by atoms with Crippen molar-refractivity contribution in [1.82, 2.24) is 19.6 Å². The molecule has 0 bridgehead atoms. The molecule has 15 heteroatoms. The number of urea groups is 1. The number of rotatable bonds is 4. The summed E-state index contributed by atoms with van der Waals surface area (Å²) >= 11 is 0. The zero-order chi connectivity index (χ0) is 28.6. The van der Waals surface area contributed by atoms with Crippen LogP contribution in [0.3, 0.4) is 0 Å². The average molecular weight is 577 g/mol. The summed E-state index contributed by atoms with van der Waals surface area (Å²) in [7, 11) is -4.09. The molecule has 11 nitrogen and oxygen atoms in total. The lowest BCUT2D eigenvalue weighted by atomic mass is 10.2. The lowest BCUT2D eigenvalue weighted by molar-refractivity contribution is 0.114. The number of benzene rings is 2. The minimum atomic E-state index is -4.09. The average Bonchev–Trinajstić information content (AvgIpc) is 3.31. The van der Waals surface area contributed by atoms with Gasteiger partial charge < -0.3 is 15.0 Å². The molecule has 2 aliphatic heterocycles. The van der Waals surface area contributed by atoms with Gasteiger partial charge in [0.25, 0.3) is 10.0 Å². The molecule has 0 spiro atoms. The van der Waals surface area contributed by atoms with Crippen molar-refractivity contribution < 1.29 is 35.9 Å². The summed E-state index contributed by atoms with van der Waals surface area (Å²) in [5.41, 5.74) is 0.995. The van der Waals surface area contributed by atoms with Crippen molar-refractivity contribution >= 4 is 33.5 Å². The van der Waals surface area contributed by atoms with Crippen LogP contribution in [0.15, 0.2) is 61.1 Å². The molecule has 0 fully saturated rings. The number of hydrogen-bond donors (Lipinski definition) is 1. The van der Waals surface area contributed by atoms with Crippen LogP contribution in [0.4, 0.5) is 34.1 Å². The normalized spacial score (nSPS) is 17.9. The molecule has 2 aliphatic rings. The van der Waals surface area contributed by atoms with Gasteiger partial charge in [-0.2, -0.15) is 5.10 Å². The van der Waals surface area contributed by atoms with E-state index in [0.717, 1.165) is 14.8 Å². The molecule has 1 atom stereocenters. The number of aromatic nitrogens is 2. The van der Waals surface area contributed by atoms with Gasteiger partial charge in [-0.05, 0) is 12.5 Å². The molecular formula is C25H23F3N6O5S. The first-order valence-corrected chi connectivity index (χ1v) is 13.6. The van der Waals surface area contributed by atoms with Gasteiger partial charge in [0.05, 0.1) is 36.7 Å². The summed E-state index contributed by atoms with van der Waals surface area (Å²) in [6.45, 7) is 1.78. The molecule has 210 valence electrons. The maximum Gasteiger partial charge on any atom is 0.415 e. The van der Waals surface area contributed by atoms with Crippen LogP contribution in [-0.2, 0) is 34.5 Å². The number of amides is 3. The smallest absolute Gasteiger partial charge is 0.415 e. The Morgan fingerprint density at radius 1 is 1.10 bits per heavy atom. The molecule has 0 aliphatic carbocycles. The lowest BCUT2D eigenvalue weighted by Crippen LogP contribution is -2.47. The number of ether oxygens (including phenoxy) is 1. The van der Waals surface area contributed by atoms with E-state index >= 15 is 0 Å². The van der Waals surface area contributed by atoms with E-state index in [2.05, 4.69) is 10.4 Å². The number of sulfonamides is 1. The van der Waals surface area contributed by atoms with Gasteiger partial charge in [0.15, 0.2) is 23.3 Å². The third kappa shape index (κ3) is 5.32. The van der Waals surface area contributed by atoms with E-state index in [-0.39, 0.29) is 31.1 Å². The second kappa shape index (κ2) is 10.6. The predicted molar refractivity (Wildman–Crippen MR) is 136 cm³/mol. The molecule has 0 unspecified atom stereocenters. The van der Waals surface area contributed by atoms with Gasteiger partial charge in [-0.25, -0.2) is 35.5 Å². The number of carbonyl (C=O) groups is 2. The molecule has 3 amide bonds. The summed E-state index contributed by atoms with van der Waals surface area (Å²) in [6.07, 6.45) is 2.95. The number of fused-ring (bicyclic) bond motifs is 1. The summed E-state index contributed by atoms with van der Waals surface area (Å²) in [5, 5.41) is 6.59. The van der Waals surface area contributed by atoms with Crippen molar-refractivity contribution in [2.45, 2.75) is 32.7 Å². The summed E-state index contributed by atoms with van der Waals surface area (Å²) < 4.78 is 74.5. The van der Waals surface area contributed by atoms with Crippen molar-refractivity contribution in [2.75, 3.05) is 15.5 Å². The van der Waals surface area contributed by atoms with E-state index < -0.39 is 51.5 Å². The van der Waals surface area contributed by atoms with E-state index in [1.54, 1.807) is 35.9 Å². The highest BCUT2D eigenvalue weighted by Crippen LogP contribution is 2.31. The summed E-state index contributed by atoms with van der Waals surface area (Å²) in [6, 6.07) is 9.06. The fourth-order valence-corrected chi connectivity index (χ4v) is 5.69. The van der Waals surface area contributed by atoms with E-state index in [4.69, 9.17) is 4.74 Å². The maximum absolute atomic E-state index is 13.6. The lowest BCUT2D eigenvalue weighted by Gasteiger charge is -2.35. The van der Waals surface area contributed by atoms with Crippen molar-refractivity contribution in [2.24, 2.45) is 0 Å². The second-order valence-electron chi connectivity index (χ2n) is 9.16. The monoisotopic (exact) mass is 576 g/mol. The zero-order valence-electron chi connectivity index (χ0n) is 21.0. The van der Waals surface area contributed by atoms with E-state index in [9.17, 15) is 31.2 Å². The first kappa shape index (κ1) is 27.1. The zero-order valence-corrected chi connectivity index (χ0v) is 21.8. The molecule has 2 aromatic carbocycles. The standard InChI is InChI=1S/C25H23F3N6O5S/c1-16-12-33-22(13-32(16)24(35)30-18-9-19(26)23(28)20(27)10-18)21(11-29-33)34-8-7-31(15-40(34,37)38)25(36)39-14-17-5-3-2-4-6-17/h2-11,16H,12-15H2,1H3,(H,30,35)/t16-/m0/s1. The summed E-state index contributed by atoms with van der Waals surface area (Å²) in [4.78, 5) is 27.7. The van der Waals surface area contributed by atoms with Gasteiger partial charge in [0.1, 0.15) is 6.61 Å². The first-order valence-electron chi connectivity index (χ1n) is 12.0. The number of carbonyl (C=O) groups excluding carboxylic acids is 2. The minimum absolute atomic E-state index is 0.0298. The number of nitrogens with one attached hydrogen (secondary N) is 1. The third-order valence-electron chi connectivity index (χ3n) is 6.37. The fraction of sp³-hybridized carbons (Fsp3) is 0.240. The highest BCUT2D eigenvalue weighted by Gasteiger charge is 2.36. The van der Waals surface area contributed by atoms with Gasteiger partial charge in [-0.1, -0.05) is 30.3 Å². The van der Waals surface area contributed by atoms with Crippen molar-refractivity contribution in [3.8, 4) is 0 Å². The molecule has 1 N–H and O–H groups in total. The van der Waals surface area contributed by atoms with Crippen LogP contribution in [0.1, 0.15) is 18.2 Å². The first-order chi connectivity index (χ1) is 19.0. The van der Waals surface area contributed by atoms with Crippen molar-refractivity contribution in [3.63, 3.8) is 0 Å². The van der Waals surface area contributed by atoms with E-state index in [1.165, 1.54) is 23.5 Å². The molecule has 0 radical (unpaired) electrons.